The van der Waals surface area contributed by atoms with Crippen LogP contribution in [0.4, 0.5) is 0 Å². The Hall–Kier alpha value is -1.06. The molecule has 1 aliphatic rings. The fourth-order valence-electron chi connectivity index (χ4n) is 2.41. The molecular weight excluding hydrogens is 224 g/mol. The van der Waals surface area contributed by atoms with E-state index in [-0.39, 0.29) is 0 Å². The maximum Gasteiger partial charge on any atom is 0.122 e. The van der Waals surface area contributed by atoms with Gasteiger partial charge in [0.05, 0.1) is 6.61 Å². The Morgan fingerprint density at radius 2 is 2.28 bits per heavy atom. The molecule has 2 rings (SSSR count). The number of nitrogens with two attached hydrogens (primary N) is 1. The third-order valence-electron chi connectivity index (χ3n) is 3.41. The van der Waals surface area contributed by atoms with Gasteiger partial charge in [0.25, 0.3) is 0 Å². The first-order chi connectivity index (χ1) is 8.65. The second-order valence-electron chi connectivity index (χ2n) is 5.40. The van der Waals surface area contributed by atoms with Gasteiger partial charge in [-0.3, -0.25) is 0 Å². The molecule has 0 spiro atoms. The molecule has 1 atom stereocenters. The van der Waals surface area contributed by atoms with E-state index in [0.717, 1.165) is 38.3 Å². The molecule has 0 aliphatic carbocycles. The zero-order valence-electron chi connectivity index (χ0n) is 11.5. The maximum absolute atomic E-state index is 5.76. The standard InChI is InChI=1S/C15H24N2O/c1-12(16)4-3-8-17(2)11-13-5-6-15-14(10-13)7-9-18-15/h5-6,10,12H,3-4,7-9,11,16H2,1-2H3. The second-order valence-corrected chi connectivity index (χ2v) is 5.40. The Bertz CT molecular complexity index is 390. The summed E-state index contributed by atoms with van der Waals surface area (Å²) in [6.07, 6.45) is 3.32. The van der Waals surface area contributed by atoms with Crippen molar-refractivity contribution in [1.29, 1.82) is 0 Å². The first-order valence-electron chi connectivity index (χ1n) is 6.84. The van der Waals surface area contributed by atoms with Gasteiger partial charge in [0.15, 0.2) is 0 Å². The Balaban J connectivity index is 1.82. The monoisotopic (exact) mass is 248 g/mol. The van der Waals surface area contributed by atoms with E-state index in [1.807, 2.05) is 0 Å². The van der Waals surface area contributed by atoms with Crippen molar-refractivity contribution in [2.45, 2.75) is 38.8 Å². The highest BCUT2D eigenvalue weighted by Crippen LogP contribution is 2.26. The van der Waals surface area contributed by atoms with Gasteiger partial charge >= 0.3 is 0 Å². The fourth-order valence-corrected chi connectivity index (χ4v) is 2.41. The molecular formula is C15H24N2O. The normalized spacial score (nSPS) is 15.6. The third-order valence-corrected chi connectivity index (χ3v) is 3.41. The minimum absolute atomic E-state index is 0.315. The maximum atomic E-state index is 5.76. The van der Waals surface area contributed by atoms with Crippen LogP contribution in [0.15, 0.2) is 18.2 Å². The highest BCUT2D eigenvalue weighted by atomic mass is 16.5. The molecule has 0 fully saturated rings. The van der Waals surface area contributed by atoms with E-state index < -0.39 is 0 Å². The van der Waals surface area contributed by atoms with E-state index in [1.165, 1.54) is 17.5 Å². The van der Waals surface area contributed by atoms with Crippen LogP contribution in [0.3, 0.4) is 0 Å². The molecule has 0 aromatic heterocycles. The van der Waals surface area contributed by atoms with Crippen molar-refractivity contribution < 1.29 is 4.74 Å². The van der Waals surface area contributed by atoms with Crippen molar-refractivity contribution in [3.63, 3.8) is 0 Å². The molecule has 1 aliphatic heterocycles. The van der Waals surface area contributed by atoms with Crippen LogP contribution < -0.4 is 10.5 Å². The van der Waals surface area contributed by atoms with Crippen molar-refractivity contribution in [3.8, 4) is 5.75 Å². The van der Waals surface area contributed by atoms with Gasteiger partial charge in [0, 0.05) is 19.0 Å². The van der Waals surface area contributed by atoms with Gasteiger partial charge in [-0.25, -0.2) is 0 Å². The molecule has 1 aromatic carbocycles. The minimum Gasteiger partial charge on any atom is -0.493 e. The van der Waals surface area contributed by atoms with Crippen molar-refractivity contribution in [2.24, 2.45) is 5.73 Å². The summed E-state index contributed by atoms with van der Waals surface area (Å²) in [7, 11) is 2.17. The molecule has 0 amide bonds. The van der Waals surface area contributed by atoms with Crippen LogP contribution in [0.1, 0.15) is 30.9 Å². The van der Waals surface area contributed by atoms with Gasteiger partial charge in [0.1, 0.15) is 5.75 Å². The molecule has 3 nitrogen and oxygen atoms in total. The zero-order chi connectivity index (χ0) is 13.0. The Morgan fingerprint density at radius 1 is 1.44 bits per heavy atom. The van der Waals surface area contributed by atoms with E-state index in [1.54, 1.807) is 0 Å². The lowest BCUT2D eigenvalue weighted by atomic mass is 10.1. The van der Waals surface area contributed by atoms with Crippen LogP contribution in [-0.4, -0.2) is 31.1 Å². The highest BCUT2D eigenvalue weighted by molar-refractivity contribution is 5.39. The average Bonchev–Trinajstić information content (AvgIpc) is 2.75. The smallest absolute Gasteiger partial charge is 0.122 e. The molecule has 0 saturated heterocycles. The number of fused-ring (bicyclic) bond motifs is 1. The Morgan fingerprint density at radius 3 is 3.06 bits per heavy atom. The SMILES string of the molecule is CC(N)CCCN(C)Cc1ccc2c(c1)CCO2. The number of nitrogens with zero attached hydrogens (tertiary/aromatic N) is 1. The van der Waals surface area contributed by atoms with Gasteiger partial charge in [-0.1, -0.05) is 12.1 Å². The predicted octanol–water partition coefficient (Wildman–Crippen LogP) is 2.18. The largest absolute Gasteiger partial charge is 0.493 e. The Labute approximate surface area is 110 Å². The molecule has 0 bridgehead atoms. The van der Waals surface area contributed by atoms with Crippen LogP contribution in [0.2, 0.25) is 0 Å². The summed E-state index contributed by atoms with van der Waals surface area (Å²) in [5, 5.41) is 0. The van der Waals surface area contributed by atoms with Gasteiger partial charge in [0.2, 0.25) is 0 Å². The van der Waals surface area contributed by atoms with Crippen molar-refractivity contribution >= 4 is 0 Å². The number of ether oxygens (including phenoxy) is 1. The van der Waals surface area contributed by atoms with Crippen LogP contribution in [0.25, 0.3) is 0 Å². The number of benzene rings is 1. The third kappa shape index (κ3) is 3.72. The van der Waals surface area contributed by atoms with E-state index in [2.05, 4.69) is 37.1 Å². The number of rotatable bonds is 6. The van der Waals surface area contributed by atoms with Gasteiger partial charge < -0.3 is 15.4 Å². The van der Waals surface area contributed by atoms with E-state index >= 15 is 0 Å². The topological polar surface area (TPSA) is 38.5 Å². The first kappa shape index (κ1) is 13.4. The summed E-state index contributed by atoms with van der Waals surface area (Å²) >= 11 is 0. The number of hydrogen-bond donors (Lipinski definition) is 1. The molecule has 0 saturated carbocycles. The molecule has 18 heavy (non-hydrogen) atoms. The lowest BCUT2D eigenvalue weighted by molar-refractivity contribution is 0.315. The summed E-state index contributed by atoms with van der Waals surface area (Å²) in [6, 6.07) is 6.87. The summed E-state index contributed by atoms with van der Waals surface area (Å²) < 4.78 is 5.52. The lowest BCUT2D eigenvalue weighted by Crippen LogP contribution is -2.22. The van der Waals surface area contributed by atoms with E-state index in [9.17, 15) is 0 Å². The van der Waals surface area contributed by atoms with Crippen LogP contribution in [0.5, 0.6) is 5.75 Å². The van der Waals surface area contributed by atoms with Crippen molar-refractivity contribution in [3.05, 3.63) is 29.3 Å². The number of hydrogen-bond acceptors (Lipinski definition) is 3. The zero-order valence-corrected chi connectivity index (χ0v) is 11.5. The minimum atomic E-state index is 0.315. The fraction of sp³-hybridized carbons (Fsp3) is 0.600. The highest BCUT2D eigenvalue weighted by Gasteiger charge is 2.12. The van der Waals surface area contributed by atoms with Gasteiger partial charge in [-0.15, -0.1) is 0 Å². The average molecular weight is 248 g/mol. The summed E-state index contributed by atoms with van der Waals surface area (Å²) in [6.45, 7) is 5.02. The quantitative estimate of drug-likeness (QED) is 0.838. The van der Waals surface area contributed by atoms with Crippen molar-refractivity contribution in [2.75, 3.05) is 20.2 Å². The Kier molecular flexibility index (Phi) is 4.61. The molecule has 1 unspecified atom stereocenters. The molecule has 1 heterocycles. The van der Waals surface area contributed by atoms with E-state index in [0.29, 0.717) is 6.04 Å². The molecule has 3 heteroatoms. The van der Waals surface area contributed by atoms with Crippen LogP contribution in [0, 0.1) is 0 Å². The summed E-state index contributed by atoms with van der Waals surface area (Å²) in [4.78, 5) is 2.36. The molecule has 1 aromatic rings. The first-order valence-corrected chi connectivity index (χ1v) is 6.84. The van der Waals surface area contributed by atoms with E-state index in [4.69, 9.17) is 10.5 Å². The second kappa shape index (κ2) is 6.21. The van der Waals surface area contributed by atoms with Gasteiger partial charge in [-0.2, -0.15) is 0 Å². The molecule has 2 N–H and O–H groups in total. The van der Waals surface area contributed by atoms with Crippen LogP contribution >= 0.6 is 0 Å². The summed E-state index contributed by atoms with van der Waals surface area (Å²) in [5.41, 5.74) is 8.50. The van der Waals surface area contributed by atoms with Gasteiger partial charge in [-0.05, 0) is 50.6 Å². The van der Waals surface area contributed by atoms with Crippen molar-refractivity contribution in [1.82, 2.24) is 4.90 Å². The molecule has 0 radical (unpaired) electrons. The van der Waals surface area contributed by atoms with Crippen LogP contribution in [-0.2, 0) is 13.0 Å². The predicted molar refractivity (Wildman–Crippen MR) is 74.9 cm³/mol. The summed E-state index contributed by atoms with van der Waals surface area (Å²) in [5.74, 6) is 1.07. The lowest BCUT2D eigenvalue weighted by Gasteiger charge is -2.17. The molecule has 100 valence electrons.